The molecule has 0 aromatic heterocycles. The smallest absolute Gasteiger partial charge is 0.321 e. The number of thioether (sulfide) groups is 1. The summed E-state index contributed by atoms with van der Waals surface area (Å²) in [7, 11) is 1.57. The van der Waals surface area contributed by atoms with Crippen molar-refractivity contribution in [2.24, 2.45) is 5.73 Å². The van der Waals surface area contributed by atoms with Gasteiger partial charge in [0.15, 0.2) is 0 Å². The molecule has 0 fully saturated rings. The van der Waals surface area contributed by atoms with Gasteiger partial charge in [-0.3, -0.25) is 9.59 Å². The number of nitrogens with one attached hydrogen (secondary N) is 1. The third-order valence-electron chi connectivity index (χ3n) is 1.37. The Morgan fingerprint density at radius 2 is 2.23 bits per heavy atom. The van der Waals surface area contributed by atoms with E-state index in [1.165, 1.54) is 11.8 Å². The van der Waals surface area contributed by atoms with Crippen LogP contribution in [-0.4, -0.2) is 41.6 Å². The second kappa shape index (κ2) is 6.73. The maximum atomic E-state index is 10.7. The molecule has 0 aromatic rings. The molecule has 0 aromatic carbocycles. The SMILES string of the molecule is CNC(=O)CCSC[C@H](N)C(=O)O. The van der Waals surface area contributed by atoms with Crippen LogP contribution in [0.1, 0.15) is 6.42 Å². The van der Waals surface area contributed by atoms with Crippen molar-refractivity contribution in [2.45, 2.75) is 12.5 Å². The molecule has 0 spiro atoms. The van der Waals surface area contributed by atoms with E-state index in [0.29, 0.717) is 17.9 Å². The van der Waals surface area contributed by atoms with Gasteiger partial charge in [0, 0.05) is 25.0 Å². The summed E-state index contributed by atoms with van der Waals surface area (Å²) in [5, 5.41) is 10.9. The third-order valence-corrected chi connectivity index (χ3v) is 2.45. The second-order valence-electron chi connectivity index (χ2n) is 2.44. The summed E-state index contributed by atoms with van der Waals surface area (Å²) in [5.41, 5.74) is 5.24. The lowest BCUT2D eigenvalue weighted by Gasteiger charge is -2.04. The Hall–Kier alpha value is -0.750. The molecule has 0 rings (SSSR count). The largest absolute Gasteiger partial charge is 0.480 e. The van der Waals surface area contributed by atoms with E-state index >= 15 is 0 Å². The van der Waals surface area contributed by atoms with Gasteiger partial charge in [-0.25, -0.2) is 0 Å². The predicted octanol–water partition coefficient (Wildman–Crippen LogP) is -0.732. The van der Waals surface area contributed by atoms with Crippen LogP contribution in [0.5, 0.6) is 0 Å². The molecule has 0 aliphatic rings. The van der Waals surface area contributed by atoms with Crippen LogP contribution in [0.2, 0.25) is 0 Å². The molecule has 76 valence electrons. The summed E-state index contributed by atoms with van der Waals surface area (Å²) in [6.07, 6.45) is 0.396. The number of rotatable bonds is 6. The third kappa shape index (κ3) is 6.41. The molecule has 13 heavy (non-hydrogen) atoms. The highest BCUT2D eigenvalue weighted by atomic mass is 32.2. The van der Waals surface area contributed by atoms with Crippen LogP contribution in [-0.2, 0) is 9.59 Å². The molecule has 0 saturated heterocycles. The average Bonchev–Trinajstić information content (AvgIpc) is 2.11. The minimum absolute atomic E-state index is 0.0450. The molecule has 0 aliphatic heterocycles. The number of carboxylic acid groups (broad SMARTS) is 1. The van der Waals surface area contributed by atoms with Gasteiger partial charge < -0.3 is 16.2 Å². The summed E-state index contributed by atoms with van der Waals surface area (Å²) < 4.78 is 0. The molecule has 0 unspecified atom stereocenters. The van der Waals surface area contributed by atoms with E-state index in [1.807, 2.05) is 0 Å². The maximum Gasteiger partial charge on any atom is 0.321 e. The van der Waals surface area contributed by atoms with E-state index in [4.69, 9.17) is 10.8 Å². The molecule has 5 nitrogen and oxygen atoms in total. The highest BCUT2D eigenvalue weighted by Gasteiger charge is 2.10. The summed E-state index contributed by atoms with van der Waals surface area (Å²) in [6, 6.07) is -0.838. The summed E-state index contributed by atoms with van der Waals surface area (Å²) in [5.74, 6) is -0.115. The fraction of sp³-hybridized carbons (Fsp3) is 0.714. The van der Waals surface area contributed by atoms with E-state index in [1.54, 1.807) is 7.05 Å². The fourth-order valence-corrected chi connectivity index (χ4v) is 1.46. The van der Waals surface area contributed by atoms with Crippen LogP contribution < -0.4 is 11.1 Å². The highest BCUT2D eigenvalue weighted by molar-refractivity contribution is 7.99. The Bertz CT molecular complexity index is 187. The minimum Gasteiger partial charge on any atom is -0.480 e. The average molecular weight is 206 g/mol. The number of carboxylic acids is 1. The Kier molecular flexibility index (Phi) is 6.34. The van der Waals surface area contributed by atoms with Crippen molar-refractivity contribution in [2.75, 3.05) is 18.6 Å². The molecule has 0 bridgehead atoms. The molecule has 4 N–H and O–H groups in total. The first-order valence-corrected chi connectivity index (χ1v) is 5.00. The number of hydrogen-bond donors (Lipinski definition) is 3. The van der Waals surface area contributed by atoms with Gasteiger partial charge in [-0.05, 0) is 0 Å². The van der Waals surface area contributed by atoms with Crippen molar-refractivity contribution < 1.29 is 14.7 Å². The van der Waals surface area contributed by atoms with Crippen molar-refractivity contribution >= 4 is 23.6 Å². The van der Waals surface area contributed by atoms with Gasteiger partial charge in [0.1, 0.15) is 6.04 Å². The Morgan fingerprint density at radius 1 is 1.62 bits per heavy atom. The fourth-order valence-electron chi connectivity index (χ4n) is 0.571. The highest BCUT2D eigenvalue weighted by Crippen LogP contribution is 2.03. The van der Waals surface area contributed by atoms with E-state index in [-0.39, 0.29) is 5.91 Å². The number of amides is 1. The quantitative estimate of drug-likeness (QED) is 0.498. The van der Waals surface area contributed by atoms with Gasteiger partial charge in [0.05, 0.1) is 0 Å². The molecule has 1 atom stereocenters. The van der Waals surface area contributed by atoms with Crippen molar-refractivity contribution in [3.8, 4) is 0 Å². The summed E-state index contributed by atoms with van der Waals surface area (Å²) >= 11 is 1.37. The van der Waals surface area contributed by atoms with Crippen molar-refractivity contribution in [3.63, 3.8) is 0 Å². The lowest BCUT2D eigenvalue weighted by atomic mass is 10.4. The zero-order valence-electron chi connectivity index (χ0n) is 7.45. The molecule has 0 aliphatic carbocycles. The van der Waals surface area contributed by atoms with Gasteiger partial charge in [0.2, 0.25) is 5.91 Å². The van der Waals surface area contributed by atoms with Crippen LogP contribution >= 0.6 is 11.8 Å². The molecule has 0 radical (unpaired) electrons. The van der Waals surface area contributed by atoms with Gasteiger partial charge in [0.25, 0.3) is 0 Å². The van der Waals surface area contributed by atoms with Gasteiger partial charge >= 0.3 is 5.97 Å². The molecule has 0 heterocycles. The number of nitrogens with two attached hydrogens (primary N) is 1. The molecular weight excluding hydrogens is 192 g/mol. The van der Waals surface area contributed by atoms with Crippen LogP contribution in [0.4, 0.5) is 0 Å². The minimum atomic E-state index is -1.01. The zero-order chi connectivity index (χ0) is 10.3. The topological polar surface area (TPSA) is 92.4 Å². The van der Waals surface area contributed by atoms with E-state index in [9.17, 15) is 9.59 Å². The monoisotopic (exact) mass is 206 g/mol. The van der Waals surface area contributed by atoms with Crippen LogP contribution in [0, 0.1) is 0 Å². The number of aliphatic carboxylic acids is 1. The summed E-state index contributed by atoms with van der Waals surface area (Å²) in [6.45, 7) is 0. The molecule has 0 saturated carbocycles. The van der Waals surface area contributed by atoms with E-state index in [0.717, 1.165) is 0 Å². The molecular formula is C7H14N2O3S. The Labute approximate surface area is 81.1 Å². The number of carbonyl (C=O) groups excluding carboxylic acids is 1. The number of carbonyl (C=O) groups is 2. The Morgan fingerprint density at radius 3 is 2.69 bits per heavy atom. The van der Waals surface area contributed by atoms with Crippen molar-refractivity contribution in [1.29, 1.82) is 0 Å². The normalized spacial score (nSPS) is 12.2. The Balaban J connectivity index is 3.35. The first-order chi connectivity index (χ1) is 6.07. The lowest BCUT2D eigenvalue weighted by Crippen LogP contribution is -2.32. The molecule has 6 heteroatoms. The maximum absolute atomic E-state index is 10.7. The standard InChI is InChI=1S/C7H14N2O3S/c1-9-6(10)2-3-13-4-5(8)7(11)12/h5H,2-4,8H2,1H3,(H,9,10)(H,11,12)/t5-/m0/s1. The predicted molar refractivity (Wildman–Crippen MR) is 51.6 cm³/mol. The lowest BCUT2D eigenvalue weighted by molar-refractivity contribution is -0.137. The van der Waals surface area contributed by atoms with Crippen LogP contribution in [0.15, 0.2) is 0 Å². The van der Waals surface area contributed by atoms with Crippen LogP contribution in [0.25, 0.3) is 0 Å². The molecule has 1 amide bonds. The zero-order valence-corrected chi connectivity index (χ0v) is 8.26. The first kappa shape index (κ1) is 12.2. The van der Waals surface area contributed by atoms with Gasteiger partial charge in [-0.15, -0.1) is 0 Å². The summed E-state index contributed by atoms with van der Waals surface area (Å²) in [4.78, 5) is 21.0. The van der Waals surface area contributed by atoms with E-state index in [2.05, 4.69) is 5.32 Å². The van der Waals surface area contributed by atoms with Gasteiger partial charge in [-0.1, -0.05) is 0 Å². The van der Waals surface area contributed by atoms with Crippen molar-refractivity contribution in [3.05, 3.63) is 0 Å². The van der Waals surface area contributed by atoms with Crippen LogP contribution in [0.3, 0.4) is 0 Å². The van der Waals surface area contributed by atoms with E-state index < -0.39 is 12.0 Å². The first-order valence-electron chi connectivity index (χ1n) is 3.84. The number of hydrogen-bond acceptors (Lipinski definition) is 4. The van der Waals surface area contributed by atoms with Crippen molar-refractivity contribution in [1.82, 2.24) is 5.32 Å². The van der Waals surface area contributed by atoms with Gasteiger partial charge in [-0.2, -0.15) is 11.8 Å². The second-order valence-corrected chi connectivity index (χ2v) is 3.59.